The molecule has 6 nitrogen and oxygen atoms in total. The fourth-order valence-corrected chi connectivity index (χ4v) is 3.61. The highest BCUT2D eigenvalue weighted by Crippen LogP contribution is 2.31. The van der Waals surface area contributed by atoms with Crippen molar-refractivity contribution in [3.63, 3.8) is 0 Å². The van der Waals surface area contributed by atoms with Crippen LogP contribution in [0.25, 0.3) is 0 Å². The van der Waals surface area contributed by atoms with Gasteiger partial charge in [-0.05, 0) is 48.1 Å². The van der Waals surface area contributed by atoms with Crippen molar-refractivity contribution >= 4 is 11.8 Å². The van der Waals surface area contributed by atoms with Crippen LogP contribution in [0.3, 0.4) is 0 Å². The minimum atomic E-state index is -0.588. The van der Waals surface area contributed by atoms with Crippen LogP contribution >= 0.6 is 0 Å². The first-order chi connectivity index (χ1) is 15.2. The quantitative estimate of drug-likeness (QED) is 0.598. The van der Waals surface area contributed by atoms with E-state index in [2.05, 4.69) is 26.1 Å². The first-order valence-corrected chi connectivity index (χ1v) is 11.1. The summed E-state index contributed by atoms with van der Waals surface area (Å²) in [5.74, 6) is 0.980. The second-order valence-electron chi connectivity index (χ2n) is 8.73. The number of methoxy groups -OCH3 is 1. The van der Waals surface area contributed by atoms with Crippen molar-refractivity contribution in [2.24, 2.45) is 0 Å². The molecule has 0 unspecified atom stereocenters. The SMILES string of the molecule is CCNC(=O)[C@@H](CC)N(Cc1cccc(OC)c1)C(=O)COc1ccccc1C(C)(C)C. The molecule has 0 heterocycles. The summed E-state index contributed by atoms with van der Waals surface area (Å²) >= 11 is 0. The Kier molecular flexibility index (Phi) is 9.12. The molecular weight excluding hydrogens is 404 g/mol. The third-order valence-corrected chi connectivity index (χ3v) is 5.27. The molecule has 0 saturated carbocycles. The monoisotopic (exact) mass is 440 g/mol. The summed E-state index contributed by atoms with van der Waals surface area (Å²) in [5.41, 5.74) is 1.80. The lowest BCUT2D eigenvalue weighted by Gasteiger charge is -2.31. The van der Waals surface area contributed by atoms with Gasteiger partial charge in [0.15, 0.2) is 6.61 Å². The Labute approximate surface area is 191 Å². The first kappa shape index (κ1) is 25.2. The molecular formula is C26H36N2O4. The van der Waals surface area contributed by atoms with E-state index in [4.69, 9.17) is 9.47 Å². The summed E-state index contributed by atoms with van der Waals surface area (Å²) in [6.07, 6.45) is 0.500. The number of benzene rings is 2. The molecule has 2 rings (SSSR count). The summed E-state index contributed by atoms with van der Waals surface area (Å²) in [6.45, 7) is 10.7. The molecule has 0 bridgehead atoms. The van der Waals surface area contributed by atoms with Crippen molar-refractivity contribution < 1.29 is 19.1 Å². The molecule has 0 aliphatic carbocycles. The number of para-hydroxylation sites is 1. The number of likely N-dealkylation sites (N-methyl/N-ethyl adjacent to an activating group) is 1. The Morgan fingerprint density at radius 2 is 1.78 bits per heavy atom. The Balaban J connectivity index is 2.28. The Hall–Kier alpha value is -3.02. The zero-order chi connectivity index (χ0) is 23.7. The number of carbonyl (C=O) groups excluding carboxylic acids is 2. The van der Waals surface area contributed by atoms with Crippen LogP contribution in [-0.4, -0.2) is 43.0 Å². The smallest absolute Gasteiger partial charge is 0.261 e. The van der Waals surface area contributed by atoms with E-state index in [1.54, 1.807) is 12.0 Å². The van der Waals surface area contributed by atoms with Crippen LogP contribution in [-0.2, 0) is 21.5 Å². The standard InChI is InChI=1S/C26H36N2O4/c1-7-22(25(30)27-8-2)28(17-19-12-11-13-20(16-19)31-6)24(29)18-32-23-15-10-9-14-21(23)26(3,4)5/h9-16,22H,7-8,17-18H2,1-6H3,(H,27,30)/t22-/m1/s1. The molecule has 0 saturated heterocycles. The molecule has 0 fully saturated rings. The third kappa shape index (κ3) is 6.74. The van der Waals surface area contributed by atoms with Gasteiger partial charge < -0.3 is 19.7 Å². The first-order valence-electron chi connectivity index (χ1n) is 11.1. The fourth-order valence-electron chi connectivity index (χ4n) is 3.61. The van der Waals surface area contributed by atoms with Crippen molar-refractivity contribution in [1.29, 1.82) is 0 Å². The highest BCUT2D eigenvalue weighted by Gasteiger charge is 2.29. The second-order valence-corrected chi connectivity index (χ2v) is 8.73. The van der Waals surface area contributed by atoms with E-state index in [1.165, 1.54) is 0 Å². The average molecular weight is 441 g/mol. The molecule has 174 valence electrons. The van der Waals surface area contributed by atoms with E-state index in [1.807, 2.05) is 62.4 Å². The zero-order valence-corrected chi connectivity index (χ0v) is 20.1. The zero-order valence-electron chi connectivity index (χ0n) is 20.1. The highest BCUT2D eigenvalue weighted by molar-refractivity contribution is 5.88. The van der Waals surface area contributed by atoms with Crippen LogP contribution < -0.4 is 14.8 Å². The van der Waals surface area contributed by atoms with Gasteiger partial charge in [-0.3, -0.25) is 9.59 Å². The molecule has 1 atom stereocenters. The van der Waals surface area contributed by atoms with Gasteiger partial charge in [0.1, 0.15) is 17.5 Å². The maximum absolute atomic E-state index is 13.3. The molecule has 0 spiro atoms. The minimum absolute atomic E-state index is 0.118. The Bertz CT molecular complexity index is 905. The lowest BCUT2D eigenvalue weighted by Crippen LogP contribution is -2.50. The van der Waals surface area contributed by atoms with Gasteiger partial charge in [0.05, 0.1) is 7.11 Å². The molecule has 32 heavy (non-hydrogen) atoms. The molecule has 0 aliphatic rings. The minimum Gasteiger partial charge on any atom is -0.497 e. The molecule has 2 amide bonds. The van der Waals surface area contributed by atoms with Gasteiger partial charge in [-0.2, -0.15) is 0 Å². The number of rotatable bonds is 10. The maximum atomic E-state index is 13.3. The van der Waals surface area contributed by atoms with Gasteiger partial charge in [0, 0.05) is 13.1 Å². The summed E-state index contributed by atoms with van der Waals surface area (Å²) in [4.78, 5) is 27.7. The van der Waals surface area contributed by atoms with Crippen molar-refractivity contribution in [3.05, 3.63) is 59.7 Å². The van der Waals surface area contributed by atoms with Gasteiger partial charge >= 0.3 is 0 Å². The predicted octanol–water partition coefficient (Wildman–Crippen LogP) is 4.32. The van der Waals surface area contributed by atoms with Crippen LogP contribution in [0, 0.1) is 0 Å². The van der Waals surface area contributed by atoms with Crippen LogP contribution in [0.2, 0.25) is 0 Å². The topological polar surface area (TPSA) is 67.9 Å². The normalized spacial score (nSPS) is 12.1. The summed E-state index contributed by atoms with van der Waals surface area (Å²) in [5, 5.41) is 2.84. The van der Waals surface area contributed by atoms with E-state index in [9.17, 15) is 9.59 Å². The number of carbonyl (C=O) groups is 2. The van der Waals surface area contributed by atoms with E-state index in [0.717, 1.165) is 11.1 Å². The van der Waals surface area contributed by atoms with Crippen LogP contribution in [0.5, 0.6) is 11.5 Å². The van der Waals surface area contributed by atoms with Gasteiger partial charge in [-0.15, -0.1) is 0 Å². The maximum Gasteiger partial charge on any atom is 0.261 e. The third-order valence-electron chi connectivity index (χ3n) is 5.27. The highest BCUT2D eigenvalue weighted by atomic mass is 16.5. The predicted molar refractivity (Wildman–Crippen MR) is 127 cm³/mol. The molecule has 2 aromatic rings. The number of hydrogen-bond acceptors (Lipinski definition) is 4. The van der Waals surface area contributed by atoms with E-state index in [-0.39, 0.29) is 30.4 Å². The fraction of sp³-hybridized carbons (Fsp3) is 0.462. The molecule has 0 aromatic heterocycles. The van der Waals surface area contributed by atoms with Gasteiger partial charge in [-0.25, -0.2) is 0 Å². The van der Waals surface area contributed by atoms with Gasteiger partial charge in [0.2, 0.25) is 5.91 Å². The Morgan fingerprint density at radius 3 is 2.41 bits per heavy atom. The van der Waals surface area contributed by atoms with Gasteiger partial charge in [0.25, 0.3) is 5.91 Å². The van der Waals surface area contributed by atoms with Crippen molar-refractivity contribution in [3.8, 4) is 11.5 Å². The summed E-state index contributed by atoms with van der Waals surface area (Å²) < 4.78 is 11.3. The lowest BCUT2D eigenvalue weighted by atomic mass is 9.86. The van der Waals surface area contributed by atoms with Crippen molar-refractivity contribution in [1.82, 2.24) is 10.2 Å². The van der Waals surface area contributed by atoms with E-state index >= 15 is 0 Å². The average Bonchev–Trinajstić information content (AvgIpc) is 2.77. The molecule has 1 N–H and O–H groups in total. The second kappa shape index (κ2) is 11.6. The van der Waals surface area contributed by atoms with Crippen molar-refractivity contribution in [2.75, 3.05) is 20.3 Å². The number of nitrogens with zero attached hydrogens (tertiary/aromatic N) is 1. The van der Waals surface area contributed by atoms with E-state index in [0.29, 0.717) is 24.5 Å². The van der Waals surface area contributed by atoms with Crippen molar-refractivity contribution in [2.45, 2.75) is 59.0 Å². The number of nitrogens with one attached hydrogen (secondary N) is 1. The number of ether oxygens (including phenoxy) is 2. The number of hydrogen-bond donors (Lipinski definition) is 1. The molecule has 0 radical (unpaired) electrons. The van der Waals surface area contributed by atoms with E-state index < -0.39 is 6.04 Å². The van der Waals surface area contributed by atoms with Crippen LogP contribution in [0.1, 0.15) is 52.2 Å². The van der Waals surface area contributed by atoms with Crippen LogP contribution in [0.15, 0.2) is 48.5 Å². The largest absolute Gasteiger partial charge is 0.497 e. The molecule has 2 aromatic carbocycles. The Morgan fingerprint density at radius 1 is 1.06 bits per heavy atom. The summed E-state index contributed by atoms with van der Waals surface area (Å²) in [7, 11) is 1.60. The lowest BCUT2D eigenvalue weighted by molar-refractivity contribution is -0.142. The number of amides is 2. The van der Waals surface area contributed by atoms with Crippen LogP contribution in [0.4, 0.5) is 0 Å². The molecule has 0 aliphatic heterocycles. The summed E-state index contributed by atoms with van der Waals surface area (Å²) in [6, 6.07) is 14.7. The van der Waals surface area contributed by atoms with Gasteiger partial charge in [-0.1, -0.05) is 58.0 Å². The molecule has 6 heteroatoms.